The van der Waals surface area contributed by atoms with E-state index in [9.17, 15) is 4.79 Å². The standard InChI is InChI=1S/C17H20N6OS/c1-22(11-16-19-13-4-2-3-5-15(13)25-16)17(24)14-10-23(21-20-14)12-6-8-18-9-7-12/h2-5,10,12,18H,6-9,11H2,1H3. The van der Waals surface area contributed by atoms with Crippen molar-refractivity contribution in [1.29, 1.82) is 0 Å². The topological polar surface area (TPSA) is 75.9 Å². The van der Waals surface area contributed by atoms with Crippen molar-refractivity contribution < 1.29 is 4.79 Å². The van der Waals surface area contributed by atoms with Crippen LogP contribution in [0, 0.1) is 0 Å². The Labute approximate surface area is 149 Å². The normalized spacial score (nSPS) is 15.6. The molecule has 0 unspecified atom stereocenters. The average molecular weight is 356 g/mol. The van der Waals surface area contributed by atoms with E-state index in [-0.39, 0.29) is 5.91 Å². The van der Waals surface area contributed by atoms with Crippen molar-refractivity contribution in [3.63, 3.8) is 0 Å². The maximum atomic E-state index is 12.6. The second kappa shape index (κ2) is 6.89. The molecule has 3 aromatic rings. The van der Waals surface area contributed by atoms with Crippen LogP contribution in [0.5, 0.6) is 0 Å². The Balaban J connectivity index is 1.45. The van der Waals surface area contributed by atoms with Gasteiger partial charge in [-0.3, -0.25) is 4.79 Å². The molecule has 0 radical (unpaired) electrons. The lowest BCUT2D eigenvalue weighted by Crippen LogP contribution is -2.29. The lowest BCUT2D eigenvalue weighted by atomic mass is 10.1. The minimum absolute atomic E-state index is 0.126. The number of aromatic nitrogens is 4. The summed E-state index contributed by atoms with van der Waals surface area (Å²) in [4.78, 5) is 18.9. The van der Waals surface area contributed by atoms with Gasteiger partial charge in [0.25, 0.3) is 5.91 Å². The Morgan fingerprint density at radius 1 is 1.36 bits per heavy atom. The number of fused-ring (bicyclic) bond motifs is 1. The molecule has 25 heavy (non-hydrogen) atoms. The summed E-state index contributed by atoms with van der Waals surface area (Å²) < 4.78 is 2.97. The zero-order valence-corrected chi connectivity index (χ0v) is 14.9. The van der Waals surface area contributed by atoms with E-state index >= 15 is 0 Å². The first-order chi connectivity index (χ1) is 12.2. The number of para-hydroxylation sites is 1. The van der Waals surface area contributed by atoms with Gasteiger partial charge in [-0.1, -0.05) is 17.3 Å². The number of hydrogen-bond donors (Lipinski definition) is 1. The van der Waals surface area contributed by atoms with Gasteiger partial charge in [-0.25, -0.2) is 9.67 Å². The Morgan fingerprint density at radius 3 is 2.96 bits per heavy atom. The molecule has 2 aromatic heterocycles. The largest absolute Gasteiger partial charge is 0.333 e. The van der Waals surface area contributed by atoms with E-state index < -0.39 is 0 Å². The van der Waals surface area contributed by atoms with Gasteiger partial charge in [0, 0.05) is 7.05 Å². The smallest absolute Gasteiger partial charge is 0.276 e. The van der Waals surface area contributed by atoms with Gasteiger partial charge in [0.05, 0.1) is 29.0 Å². The maximum absolute atomic E-state index is 12.6. The third kappa shape index (κ3) is 3.40. The number of carbonyl (C=O) groups excluding carboxylic acids is 1. The average Bonchev–Trinajstić information content (AvgIpc) is 3.28. The molecule has 0 atom stereocenters. The number of nitrogens with zero attached hydrogens (tertiary/aromatic N) is 5. The van der Waals surface area contributed by atoms with E-state index in [0.717, 1.165) is 41.2 Å². The first-order valence-corrected chi connectivity index (χ1v) is 9.25. The third-order valence-corrected chi connectivity index (χ3v) is 5.49. The molecule has 1 saturated heterocycles. The van der Waals surface area contributed by atoms with Gasteiger partial charge in [0.2, 0.25) is 0 Å². The summed E-state index contributed by atoms with van der Waals surface area (Å²) in [5, 5.41) is 12.5. The maximum Gasteiger partial charge on any atom is 0.276 e. The predicted molar refractivity (Wildman–Crippen MR) is 96.6 cm³/mol. The Bertz CT molecular complexity index is 849. The molecule has 3 heterocycles. The van der Waals surface area contributed by atoms with E-state index in [4.69, 9.17) is 0 Å². The second-order valence-corrected chi connectivity index (χ2v) is 7.42. The lowest BCUT2D eigenvalue weighted by molar-refractivity contribution is 0.0779. The predicted octanol–water partition coefficient (Wildman–Crippen LogP) is 2.08. The quantitative estimate of drug-likeness (QED) is 0.775. The summed E-state index contributed by atoms with van der Waals surface area (Å²) in [5.74, 6) is -0.126. The van der Waals surface area contributed by atoms with Crippen LogP contribution in [0.4, 0.5) is 0 Å². The molecule has 1 aromatic carbocycles. The fourth-order valence-electron chi connectivity index (χ4n) is 3.08. The second-order valence-electron chi connectivity index (χ2n) is 6.30. The highest BCUT2D eigenvalue weighted by Crippen LogP contribution is 2.23. The van der Waals surface area contributed by atoms with Gasteiger partial charge in [-0.2, -0.15) is 0 Å². The Morgan fingerprint density at radius 2 is 2.16 bits per heavy atom. The van der Waals surface area contributed by atoms with Crippen molar-refractivity contribution in [2.75, 3.05) is 20.1 Å². The van der Waals surface area contributed by atoms with Crippen LogP contribution >= 0.6 is 11.3 Å². The Hall–Kier alpha value is -2.32. The minimum atomic E-state index is -0.126. The molecule has 1 amide bonds. The van der Waals surface area contributed by atoms with Gasteiger partial charge in [0.15, 0.2) is 5.69 Å². The van der Waals surface area contributed by atoms with Gasteiger partial charge >= 0.3 is 0 Å². The van der Waals surface area contributed by atoms with Crippen LogP contribution in [0.2, 0.25) is 0 Å². The highest BCUT2D eigenvalue weighted by Gasteiger charge is 2.21. The number of nitrogens with one attached hydrogen (secondary N) is 1. The van der Waals surface area contributed by atoms with Gasteiger partial charge < -0.3 is 10.2 Å². The van der Waals surface area contributed by atoms with E-state index in [2.05, 4.69) is 20.6 Å². The monoisotopic (exact) mass is 356 g/mol. The summed E-state index contributed by atoms with van der Waals surface area (Å²) in [5.41, 5.74) is 1.36. The van der Waals surface area contributed by atoms with E-state index in [0.29, 0.717) is 18.3 Å². The summed E-state index contributed by atoms with van der Waals surface area (Å²) in [6.07, 6.45) is 3.80. The molecule has 130 valence electrons. The highest BCUT2D eigenvalue weighted by molar-refractivity contribution is 7.18. The third-order valence-electron chi connectivity index (χ3n) is 4.47. The van der Waals surface area contributed by atoms with E-state index in [1.54, 1.807) is 29.5 Å². The number of thiazole rings is 1. The summed E-state index contributed by atoms with van der Waals surface area (Å²) >= 11 is 1.61. The van der Waals surface area contributed by atoms with Crippen LogP contribution in [0.15, 0.2) is 30.5 Å². The van der Waals surface area contributed by atoms with Crippen molar-refractivity contribution in [2.45, 2.75) is 25.4 Å². The van der Waals surface area contributed by atoms with Gasteiger partial charge in [0.1, 0.15) is 5.01 Å². The molecule has 0 spiro atoms. The summed E-state index contributed by atoms with van der Waals surface area (Å²) in [7, 11) is 1.78. The van der Waals surface area contributed by atoms with E-state index in [1.807, 2.05) is 28.9 Å². The van der Waals surface area contributed by atoms with Crippen LogP contribution in [-0.4, -0.2) is 50.9 Å². The molecule has 1 aliphatic heterocycles. The van der Waals surface area contributed by atoms with Crippen molar-refractivity contribution >= 4 is 27.5 Å². The molecule has 8 heteroatoms. The molecule has 7 nitrogen and oxygen atoms in total. The number of benzene rings is 1. The molecular weight excluding hydrogens is 336 g/mol. The molecule has 1 fully saturated rings. The summed E-state index contributed by atoms with van der Waals surface area (Å²) in [6.45, 7) is 2.43. The molecule has 0 bridgehead atoms. The molecule has 1 N–H and O–H groups in total. The lowest BCUT2D eigenvalue weighted by Gasteiger charge is -2.22. The first kappa shape index (κ1) is 16.2. The number of amides is 1. The van der Waals surface area contributed by atoms with Crippen LogP contribution in [0.1, 0.15) is 34.4 Å². The highest BCUT2D eigenvalue weighted by atomic mass is 32.1. The zero-order chi connectivity index (χ0) is 17.2. The molecule has 0 saturated carbocycles. The minimum Gasteiger partial charge on any atom is -0.333 e. The zero-order valence-electron chi connectivity index (χ0n) is 14.1. The van der Waals surface area contributed by atoms with Crippen molar-refractivity contribution in [2.24, 2.45) is 0 Å². The molecule has 4 rings (SSSR count). The molecular formula is C17H20N6OS. The van der Waals surface area contributed by atoms with Crippen molar-refractivity contribution in [3.05, 3.63) is 41.2 Å². The van der Waals surface area contributed by atoms with E-state index in [1.165, 1.54) is 0 Å². The number of hydrogen-bond acceptors (Lipinski definition) is 6. The fourth-order valence-corrected chi connectivity index (χ4v) is 4.10. The SMILES string of the molecule is CN(Cc1nc2ccccc2s1)C(=O)c1cn(C2CCNCC2)nn1. The molecule has 1 aliphatic rings. The number of rotatable bonds is 4. The van der Waals surface area contributed by atoms with Crippen LogP contribution in [0.25, 0.3) is 10.2 Å². The Kier molecular flexibility index (Phi) is 4.46. The van der Waals surface area contributed by atoms with Gasteiger partial charge in [-0.05, 0) is 38.1 Å². The number of carbonyl (C=O) groups is 1. The fraction of sp³-hybridized carbons (Fsp3) is 0.412. The van der Waals surface area contributed by atoms with Gasteiger partial charge in [-0.15, -0.1) is 16.4 Å². The first-order valence-electron chi connectivity index (χ1n) is 8.43. The van der Waals surface area contributed by atoms with Crippen LogP contribution < -0.4 is 5.32 Å². The van der Waals surface area contributed by atoms with Crippen molar-refractivity contribution in [3.8, 4) is 0 Å². The summed E-state index contributed by atoms with van der Waals surface area (Å²) in [6, 6.07) is 8.33. The van der Waals surface area contributed by atoms with Crippen molar-refractivity contribution in [1.82, 2.24) is 30.2 Å². The number of piperidine rings is 1. The molecule has 0 aliphatic carbocycles. The van der Waals surface area contributed by atoms with Crippen LogP contribution in [-0.2, 0) is 6.54 Å². The van der Waals surface area contributed by atoms with Crippen LogP contribution in [0.3, 0.4) is 0 Å².